The average molecular weight is 220 g/mol. The van der Waals surface area contributed by atoms with Gasteiger partial charge < -0.3 is 4.98 Å². The predicted octanol–water partition coefficient (Wildman–Crippen LogP) is 3.39. The van der Waals surface area contributed by atoms with Gasteiger partial charge in [-0.2, -0.15) is 0 Å². The molecule has 0 amide bonds. The van der Waals surface area contributed by atoms with E-state index in [0.29, 0.717) is 17.7 Å². The number of nitrogens with one attached hydrogen (secondary N) is 1. The third kappa shape index (κ3) is 2.18. The number of H-pyrrole nitrogens is 1. The SMILES string of the molecule is CC(C)c1nc(C=O)[nH]c1C1CCCCC1. The van der Waals surface area contributed by atoms with Crippen LogP contribution in [0.5, 0.6) is 0 Å². The van der Waals surface area contributed by atoms with Crippen molar-refractivity contribution in [1.29, 1.82) is 0 Å². The van der Waals surface area contributed by atoms with Gasteiger partial charge >= 0.3 is 0 Å². The fourth-order valence-corrected chi connectivity index (χ4v) is 2.62. The van der Waals surface area contributed by atoms with E-state index in [1.165, 1.54) is 37.8 Å². The number of nitrogens with zero attached hydrogens (tertiary/aromatic N) is 1. The van der Waals surface area contributed by atoms with Gasteiger partial charge in [-0.1, -0.05) is 33.1 Å². The van der Waals surface area contributed by atoms with Crippen molar-refractivity contribution in [2.24, 2.45) is 0 Å². The summed E-state index contributed by atoms with van der Waals surface area (Å²) in [5.41, 5.74) is 2.31. The Hall–Kier alpha value is -1.12. The molecule has 0 atom stereocenters. The summed E-state index contributed by atoms with van der Waals surface area (Å²) in [7, 11) is 0. The standard InChI is InChI=1S/C13H20N2O/c1-9(2)12-13(15-11(8-16)14-12)10-6-4-3-5-7-10/h8-10H,3-7H2,1-2H3,(H,14,15). The maximum absolute atomic E-state index is 10.8. The molecule has 0 aromatic carbocycles. The van der Waals surface area contributed by atoms with Crippen LogP contribution >= 0.6 is 0 Å². The van der Waals surface area contributed by atoms with Gasteiger partial charge in [0.15, 0.2) is 12.1 Å². The minimum atomic E-state index is 0.391. The lowest BCUT2D eigenvalue weighted by atomic mass is 9.85. The summed E-state index contributed by atoms with van der Waals surface area (Å²) in [6.45, 7) is 4.27. The van der Waals surface area contributed by atoms with E-state index in [1.54, 1.807) is 0 Å². The molecular weight excluding hydrogens is 200 g/mol. The molecule has 0 bridgehead atoms. The van der Waals surface area contributed by atoms with Gasteiger partial charge in [0.05, 0.1) is 5.69 Å². The lowest BCUT2D eigenvalue weighted by molar-refractivity contribution is 0.111. The first-order valence-corrected chi connectivity index (χ1v) is 6.27. The number of carbonyl (C=O) groups excluding carboxylic acids is 1. The maximum Gasteiger partial charge on any atom is 0.185 e. The Morgan fingerprint density at radius 1 is 1.31 bits per heavy atom. The molecule has 1 aliphatic carbocycles. The predicted molar refractivity (Wildman–Crippen MR) is 63.9 cm³/mol. The minimum absolute atomic E-state index is 0.391. The Morgan fingerprint density at radius 3 is 2.56 bits per heavy atom. The van der Waals surface area contributed by atoms with Gasteiger partial charge in [-0.05, 0) is 18.8 Å². The van der Waals surface area contributed by atoms with Gasteiger partial charge in [0.1, 0.15) is 0 Å². The van der Waals surface area contributed by atoms with Crippen LogP contribution in [0.15, 0.2) is 0 Å². The molecule has 1 aromatic heterocycles. The summed E-state index contributed by atoms with van der Waals surface area (Å²) in [6.07, 6.45) is 7.25. The van der Waals surface area contributed by atoms with E-state index in [2.05, 4.69) is 23.8 Å². The van der Waals surface area contributed by atoms with E-state index >= 15 is 0 Å². The fourth-order valence-electron chi connectivity index (χ4n) is 2.62. The largest absolute Gasteiger partial charge is 0.339 e. The number of carbonyl (C=O) groups is 1. The Labute approximate surface area is 96.7 Å². The van der Waals surface area contributed by atoms with Crippen molar-refractivity contribution < 1.29 is 4.79 Å². The number of aromatic amines is 1. The van der Waals surface area contributed by atoms with E-state index in [-0.39, 0.29) is 0 Å². The van der Waals surface area contributed by atoms with Crippen molar-refractivity contribution in [2.75, 3.05) is 0 Å². The average Bonchev–Trinajstić information content (AvgIpc) is 2.74. The van der Waals surface area contributed by atoms with Gasteiger partial charge in [-0.15, -0.1) is 0 Å². The molecule has 1 aliphatic rings. The topological polar surface area (TPSA) is 45.8 Å². The molecule has 88 valence electrons. The lowest BCUT2D eigenvalue weighted by Crippen LogP contribution is -2.08. The first-order chi connectivity index (χ1) is 7.72. The van der Waals surface area contributed by atoms with Gasteiger partial charge in [-0.3, -0.25) is 4.79 Å². The van der Waals surface area contributed by atoms with Crippen LogP contribution in [0.3, 0.4) is 0 Å². The monoisotopic (exact) mass is 220 g/mol. The quantitative estimate of drug-likeness (QED) is 0.793. The molecule has 0 radical (unpaired) electrons. The summed E-state index contributed by atoms with van der Waals surface area (Å²) in [6, 6.07) is 0. The Bertz CT molecular complexity index is 362. The summed E-state index contributed by atoms with van der Waals surface area (Å²) >= 11 is 0. The molecule has 1 aromatic rings. The smallest absolute Gasteiger partial charge is 0.185 e. The molecule has 16 heavy (non-hydrogen) atoms. The van der Waals surface area contributed by atoms with Crippen LogP contribution in [0.4, 0.5) is 0 Å². The number of hydrogen-bond donors (Lipinski definition) is 1. The summed E-state index contributed by atoms with van der Waals surface area (Å²) < 4.78 is 0. The molecular formula is C13H20N2O. The van der Waals surface area contributed by atoms with E-state index < -0.39 is 0 Å². The van der Waals surface area contributed by atoms with Crippen molar-refractivity contribution in [1.82, 2.24) is 9.97 Å². The maximum atomic E-state index is 10.8. The van der Waals surface area contributed by atoms with E-state index in [1.807, 2.05) is 0 Å². The molecule has 0 spiro atoms. The van der Waals surface area contributed by atoms with Crippen molar-refractivity contribution in [2.45, 2.75) is 57.8 Å². The normalized spacial score (nSPS) is 17.9. The summed E-state index contributed by atoms with van der Waals surface area (Å²) in [5, 5.41) is 0. The number of rotatable bonds is 3. The van der Waals surface area contributed by atoms with Crippen LogP contribution in [0.1, 0.15) is 79.8 Å². The molecule has 1 saturated carbocycles. The number of aldehydes is 1. The Kier molecular flexibility index (Phi) is 3.42. The van der Waals surface area contributed by atoms with Crippen LogP contribution in [0.25, 0.3) is 0 Å². The second-order valence-electron chi connectivity index (χ2n) is 5.03. The zero-order valence-electron chi connectivity index (χ0n) is 10.1. The zero-order chi connectivity index (χ0) is 11.5. The van der Waals surface area contributed by atoms with Crippen LogP contribution in [0.2, 0.25) is 0 Å². The van der Waals surface area contributed by atoms with Crippen molar-refractivity contribution in [3.05, 3.63) is 17.2 Å². The van der Waals surface area contributed by atoms with Gasteiger partial charge in [-0.25, -0.2) is 4.98 Å². The molecule has 0 saturated heterocycles. The Balaban J connectivity index is 2.29. The minimum Gasteiger partial charge on any atom is -0.339 e. The van der Waals surface area contributed by atoms with Crippen LogP contribution in [-0.2, 0) is 0 Å². The van der Waals surface area contributed by atoms with Crippen LogP contribution in [-0.4, -0.2) is 16.3 Å². The highest BCUT2D eigenvalue weighted by Gasteiger charge is 2.23. The molecule has 3 heteroatoms. The summed E-state index contributed by atoms with van der Waals surface area (Å²) in [4.78, 5) is 18.4. The highest BCUT2D eigenvalue weighted by atomic mass is 16.1. The molecule has 3 nitrogen and oxygen atoms in total. The molecule has 0 unspecified atom stereocenters. The highest BCUT2D eigenvalue weighted by molar-refractivity contribution is 5.69. The molecule has 2 rings (SSSR count). The number of hydrogen-bond acceptors (Lipinski definition) is 2. The van der Waals surface area contributed by atoms with Crippen LogP contribution in [0, 0.1) is 0 Å². The highest BCUT2D eigenvalue weighted by Crippen LogP contribution is 2.35. The molecule has 1 N–H and O–H groups in total. The second-order valence-corrected chi connectivity index (χ2v) is 5.03. The molecule has 1 fully saturated rings. The number of aromatic nitrogens is 2. The Morgan fingerprint density at radius 2 is 2.00 bits per heavy atom. The van der Waals surface area contributed by atoms with E-state index in [9.17, 15) is 4.79 Å². The second kappa shape index (κ2) is 4.81. The third-order valence-corrected chi connectivity index (χ3v) is 3.45. The van der Waals surface area contributed by atoms with Crippen molar-refractivity contribution in [3.8, 4) is 0 Å². The van der Waals surface area contributed by atoms with Crippen molar-refractivity contribution in [3.63, 3.8) is 0 Å². The molecule has 0 aliphatic heterocycles. The summed E-state index contributed by atoms with van der Waals surface area (Å²) in [5.74, 6) is 1.47. The van der Waals surface area contributed by atoms with Crippen LogP contribution < -0.4 is 0 Å². The van der Waals surface area contributed by atoms with Crippen molar-refractivity contribution >= 4 is 6.29 Å². The van der Waals surface area contributed by atoms with Gasteiger partial charge in [0, 0.05) is 11.6 Å². The molecule has 1 heterocycles. The van der Waals surface area contributed by atoms with Gasteiger partial charge in [0.2, 0.25) is 0 Å². The number of imidazole rings is 1. The zero-order valence-corrected chi connectivity index (χ0v) is 10.1. The first-order valence-electron chi connectivity index (χ1n) is 6.27. The third-order valence-electron chi connectivity index (χ3n) is 3.45. The fraction of sp³-hybridized carbons (Fsp3) is 0.692. The van der Waals surface area contributed by atoms with E-state index in [0.717, 1.165) is 12.0 Å². The van der Waals surface area contributed by atoms with Gasteiger partial charge in [0.25, 0.3) is 0 Å². The lowest BCUT2D eigenvalue weighted by Gasteiger charge is -2.22. The van der Waals surface area contributed by atoms with E-state index in [4.69, 9.17) is 0 Å². The first kappa shape index (κ1) is 11.4.